The van der Waals surface area contributed by atoms with Gasteiger partial charge in [0.2, 0.25) is 5.76 Å². The zero-order chi connectivity index (χ0) is 23.7. The van der Waals surface area contributed by atoms with Gasteiger partial charge in [0.15, 0.2) is 0 Å². The number of benzene rings is 3. The molecule has 1 aromatic heterocycles. The van der Waals surface area contributed by atoms with Crippen LogP contribution in [0.1, 0.15) is 50.6 Å². The first-order valence-electron chi connectivity index (χ1n) is 11.0. The van der Waals surface area contributed by atoms with E-state index in [4.69, 9.17) is 9.15 Å². The molecule has 0 fully saturated rings. The molecular weight excluding hydrogens is 496 g/mol. The summed E-state index contributed by atoms with van der Waals surface area (Å²) in [4.78, 5) is 25.5. The van der Waals surface area contributed by atoms with E-state index in [0.29, 0.717) is 41.2 Å². The average Bonchev–Trinajstić information content (AvgIpc) is 3.20. The number of hydrazone groups is 1. The van der Waals surface area contributed by atoms with Crippen LogP contribution in [0.15, 0.2) is 80.7 Å². The van der Waals surface area contributed by atoms with E-state index < -0.39 is 5.97 Å². The maximum atomic E-state index is 13.1. The van der Waals surface area contributed by atoms with Crippen LogP contribution in [0.25, 0.3) is 10.8 Å². The van der Waals surface area contributed by atoms with Crippen molar-refractivity contribution in [3.63, 3.8) is 0 Å². The van der Waals surface area contributed by atoms with Crippen LogP contribution in [0.2, 0.25) is 0 Å². The third-order valence-corrected chi connectivity index (χ3v) is 6.39. The Morgan fingerprint density at radius 1 is 1.00 bits per heavy atom. The molecule has 1 N–H and O–H groups in total. The molecule has 1 aliphatic rings. The van der Waals surface area contributed by atoms with Crippen molar-refractivity contribution >= 4 is 44.3 Å². The number of carbonyl (C=O) groups is 2. The number of esters is 1. The van der Waals surface area contributed by atoms with Crippen LogP contribution in [0.3, 0.4) is 0 Å². The Hall–Kier alpha value is -3.71. The number of amides is 1. The number of hydrogen-bond donors (Lipinski definition) is 1. The summed E-state index contributed by atoms with van der Waals surface area (Å²) in [6, 6.07) is 20.3. The molecule has 0 unspecified atom stereocenters. The third kappa shape index (κ3) is 4.26. The largest absolute Gasteiger partial charge is 0.453 e. The summed E-state index contributed by atoms with van der Waals surface area (Å²) < 4.78 is 12.6. The van der Waals surface area contributed by atoms with E-state index in [1.165, 1.54) is 0 Å². The lowest BCUT2D eigenvalue weighted by molar-refractivity contribution is 0.0700. The topological polar surface area (TPSA) is 80.9 Å². The van der Waals surface area contributed by atoms with Gasteiger partial charge in [-0.3, -0.25) is 4.79 Å². The van der Waals surface area contributed by atoms with Crippen LogP contribution in [0.4, 0.5) is 0 Å². The summed E-state index contributed by atoms with van der Waals surface area (Å²) in [5, 5.41) is 6.21. The second-order valence-electron chi connectivity index (χ2n) is 8.08. The lowest BCUT2D eigenvalue weighted by Gasteiger charge is -2.13. The molecule has 0 saturated heterocycles. The SMILES string of the molecule is Cc1c(C(=O)Oc2cccc3ccccc23)oc2c1/C(=N/NC(=O)c1ccc(Br)cc1)CCC2. The van der Waals surface area contributed by atoms with Crippen LogP contribution in [-0.2, 0) is 6.42 Å². The maximum absolute atomic E-state index is 13.1. The highest BCUT2D eigenvalue weighted by molar-refractivity contribution is 9.10. The molecule has 3 aromatic carbocycles. The van der Waals surface area contributed by atoms with Gasteiger partial charge in [0.05, 0.1) is 5.71 Å². The summed E-state index contributed by atoms with van der Waals surface area (Å²) in [6.45, 7) is 1.82. The molecule has 0 atom stereocenters. The Bertz CT molecular complexity index is 1430. The standard InChI is InChI=1S/C27H21BrN2O4/c1-16-24-21(29-30-26(31)18-12-14-19(28)15-13-18)9-5-11-23(24)33-25(16)27(32)34-22-10-4-7-17-6-2-3-8-20(17)22/h2-4,6-8,10,12-15H,5,9,11H2,1H3,(H,30,31)/b29-21+. The highest BCUT2D eigenvalue weighted by Crippen LogP contribution is 2.32. The fraction of sp³-hybridized carbons (Fsp3) is 0.148. The summed E-state index contributed by atoms with van der Waals surface area (Å²) >= 11 is 3.36. The van der Waals surface area contributed by atoms with Gasteiger partial charge < -0.3 is 9.15 Å². The summed E-state index contributed by atoms with van der Waals surface area (Å²) in [7, 11) is 0. The van der Waals surface area contributed by atoms with E-state index in [0.717, 1.165) is 27.2 Å². The number of fused-ring (bicyclic) bond motifs is 2. The number of halogens is 1. The van der Waals surface area contributed by atoms with Gasteiger partial charge in [-0.1, -0.05) is 52.3 Å². The van der Waals surface area contributed by atoms with E-state index in [1.54, 1.807) is 30.3 Å². The quantitative estimate of drug-likeness (QED) is 0.199. The van der Waals surface area contributed by atoms with E-state index >= 15 is 0 Å². The zero-order valence-electron chi connectivity index (χ0n) is 18.4. The number of aryl methyl sites for hydroxylation is 1. The van der Waals surface area contributed by atoms with Crippen LogP contribution in [-0.4, -0.2) is 17.6 Å². The number of nitrogens with zero attached hydrogens (tertiary/aromatic N) is 1. The summed E-state index contributed by atoms with van der Waals surface area (Å²) in [5.74, 6) is 0.468. The van der Waals surface area contributed by atoms with Crippen LogP contribution < -0.4 is 10.2 Å². The van der Waals surface area contributed by atoms with Crippen molar-refractivity contribution in [2.45, 2.75) is 26.2 Å². The van der Waals surface area contributed by atoms with Gasteiger partial charge in [0, 0.05) is 33.0 Å². The molecule has 0 bridgehead atoms. The number of hydrogen-bond acceptors (Lipinski definition) is 5. The maximum Gasteiger partial charge on any atom is 0.379 e. The summed E-state index contributed by atoms with van der Waals surface area (Å²) in [6.07, 6.45) is 2.17. The Morgan fingerprint density at radius 3 is 2.59 bits per heavy atom. The Balaban J connectivity index is 1.40. The normalized spacial score (nSPS) is 14.1. The van der Waals surface area contributed by atoms with Gasteiger partial charge in [0.1, 0.15) is 11.5 Å². The van der Waals surface area contributed by atoms with Gasteiger partial charge in [-0.2, -0.15) is 5.10 Å². The van der Waals surface area contributed by atoms with Gasteiger partial charge in [-0.25, -0.2) is 10.2 Å². The average molecular weight is 517 g/mol. The van der Waals surface area contributed by atoms with Crippen LogP contribution in [0, 0.1) is 6.92 Å². The van der Waals surface area contributed by atoms with E-state index in [9.17, 15) is 9.59 Å². The van der Waals surface area contributed by atoms with Crippen molar-refractivity contribution in [1.29, 1.82) is 0 Å². The molecular formula is C27H21BrN2O4. The molecule has 170 valence electrons. The van der Waals surface area contributed by atoms with Crippen molar-refractivity contribution in [2.24, 2.45) is 5.10 Å². The fourth-order valence-corrected chi connectivity index (χ4v) is 4.45. The van der Waals surface area contributed by atoms with Gasteiger partial charge >= 0.3 is 5.97 Å². The Morgan fingerprint density at radius 2 is 1.76 bits per heavy atom. The van der Waals surface area contributed by atoms with Crippen LogP contribution >= 0.6 is 15.9 Å². The fourth-order valence-electron chi connectivity index (χ4n) is 4.19. The minimum atomic E-state index is -0.554. The van der Waals surface area contributed by atoms with Gasteiger partial charge in [-0.05, 0) is 55.5 Å². The minimum absolute atomic E-state index is 0.159. The number of nitrogens with one attached hydrogen (secondary N) is 1. The lowest BCUT2D eigenvalue weighted by atomic mass is 9.93. The van der Waals surface area contributed by atoms with E-state index in [1.807, 2.05) is 43.3 Å². The van der Waals surface area contributed by atoms with Crippen LogP contribution in [0.5, 0.6) is 5.75 Å². The van der Waals surface area contributed by atoms with Crippen molar-refractivity contribution in [1.82, 2.24) is 5.43 Å². The van der Waals surface area contributed by atoms with Gasteiger partial charge in [0.25, 0.3) is 5.91 Å². The molecule has 7 heteroatoms. The third-order valence-electron chi connectivity index (χ3n) is 5.86. The zero-order valence-corrected chi connectivity index (χ0v) is 20.0. The van der Waals surface area contributed by atoms with Crippen molar-refractivity contribution in [3.05, 3.63) is 99.4 Å². The molecule has 5 rings (SSSR count). The predicted molar refractivity (Wildman–Crippen MR) is 133 cm³/mol. The molecule has 34 heavy (non-hydrogen) atoms. The molecule has 1 aliphatic carbocycles. The molecule has 0 spiro atoms. The molecule has 0 saturated carbocycles. The first-order valence-corrected chi connectivity index (χ1v) is 11.8. The van der Waals surface area contributed by atoms with E-state index in [2.05, 4.69) is 26.5 Å². The number of carbonyl (C=O) groups excluding carboxylic acids is 2. The van der Waals surface area contributed by atoms with Crippen molar-refractivity contribution in [3.8, 4) is 5.75 Å². The number of furan rings is 1. The molecule has 1 heterocycles. The highest BCUT2D eigenvalue weighted by Gasteiger charge is 2.29. The van der Waals surface area contributed by atoms with Crippen molar-refractivity contribution < 1.29 is 18.7 Å². The molecule has 0 aliphatic heterocycles. The van der Waals surface area contributed by atoms with Crippen molar-refractivity contribution in [2.75, 3.05) is 0 Å². The predicted octanol–water partition coefficient (Wildman–Crippen LogP) is 6.19. The minimum Gasteiger partial charge on any atom is -0.453 e. The van der Waals surface area contributed by atoms with Gasteiger partial charge in [-0.15, -0.1) is 0 Å². The second kappa shape index (κ2) is 9.27. The molecule has 4 aromatic rings. The summed E-state index contributed by atoms with van der Waals surface area (Å²) in [5.41, 5.74) is 5.26. The monoisotopic (exact) mass is 516 g/mol. The second-order valence-corrected chi connectivity index (χ2v) is 9.00. The molecule has 0 radical (unpaired) electrons. The lowest BCUT2D eigenvalue weighted by Crippen LogP contribution is -2.22. The van der Waals surface area contributed by atoms with E-state index in [-0.39, 0.29) is 11.7 Å². The first-order chi connectivity index (χ1) is 16.5. The molecule has 6 nitrogen and oxygen atoms in total. The Kier molecular flexibility index (Phi) is 6.02. The Labute approximate surface area is 204 Å². The smallest absolute Gasteiger partial charge is 0.379 e. The molecule has 1 amide bonds. The number of ether oxygens (including phenoxy) is 1. The first kappa shape index (κ1) is 22.1. The number of rotatable bonds is 4. The highest BCUT2D eigenvalue weighted by atomic mass is 79.9.